The van der Waals surface area contributed by atoms with Gasteiger partial charge in [-0.25, -0.2) is 4.57 Å². The lowest BCUT2D eigenvalue weighted by Crippen LogP contribution is -2.29. The number of rotatable bonds is 34. The van der Waals surface area contributed by atoms with Crippen molar-refractivity contribution in [3.63, 3.8) is 0 Å². The zero-order valence-electron chi connectivity index (χ0n) is 83.8. The first-order valence-corrected chi connectivity index (χ1v) is 12.2. The number of hydrogen-bond acceptors (Lipinski definition) is 6. The number of ether oxygens (including phenoxy) is 2. The molecule has 0 aromatic rings. The molecule has 0 heterocycles. The van der Waals surface area contributed by atoms with Crippen LogP contribution in [0.15, 0.2) is 0 Å². The number of phosphoric acid groups is 1. The van der Waals surface area contributed by atoms with Crippen molar-refractivity contribution in [2.45, 2.75) is 198 Å². The summed E-state index contributed by atoms with van der Waals surface area (Å²) in [5.74, 6) is -6.25. The van der Waals surface area contributed by atoms with Gasteiger partial charge in [-0.15, -0.1) is 0 Å². The number of carbonyl (C=O) groups is 2. The van der Waals surface area contributed by atoms with Crippen LogP contribution in [0.2, 0.25) is 0 Å². The van der Waals surface area contributed by atoms with Gasteiger partial charge in [-0.05, 0) is 12.7 Å². The lowest BCUT2D eigenvalue weighted by atomic mass is 10.0. The Morgan fingerprint density at radius 3 is 1.27 bits per heavy atom. The second-order valence-corrected chi connectivity index (χ2v) is 7.15. The monoisotopic (exact) mass is 711 g/mol. The van der Waals surface area contributed by atoms with Gasteiger partial charge in [-0.2, -0.15) is 0 Å². The molecule has 0 aromatic heterocycles. The second kappa shape index (κ2) is 32.0. The summed E-state index contributed by atoms with van der Waals surface area (Å²) in [6.45, 7) is -13.0. The van der Waals surface area contributed by atoms with Gasteiger partial charge in [0.25, 0.3) is 0 Å². The number of hydrogen-bond donors (Lipinski definition) is 2. The second-order valence-electron chi connectivity index (χ2n) is 5.91. The van der Waals surface area contributed by atoms with Gasteiger partial charge >= 0.3 is 19.8 Å². The predicted octanol–water partition coefficient (Wildman–Crippen LogP) is 10.5. The van der Waals surface area contributed by atoms with Crippen LogP contribution < -0.4 is 0 Å². The van der Waals surface area contributed by atoms with E-state index in [-0.39, 0.29) is 0 Å². The lowest BCUT2D eigenvalue weighted by molar-refractivity contribution is -0.161. The highest BCUT2D eigenvalue weighted by Crippen LogP contribution is 2.36. The van der Waals surface area contributed by atoms with Gasteiger partial charge in [0, 0.05) is 97.7 Å². The third kappa shape index (κ3) is 33.9. The van der Waals surface area contributed by atoms with Crippen LogP contribution in [0, 0.1) is 0 Å². The molecule has 0 saturated heterocycles. The molecule has 44 heavy (non-hydrogen) atoms. The average Bonchev–Trinajstić information content (AvgIpc) is 0.682. The smallest absolute Gasteiger partial charge is 0.462 e. The zero-order valence-corrected chi connectivity index (χ0v) is 22.7. The maximum absolute atomic E-state index is 13.7. The minimum Gasteiger partial charge on any atom is -0.462 e. The molecule has 0 aromatic carbocycles. The quantitative estimate of drug-likeness (QED) is 0.0500. The van der Waals surface area contributed by atoms with Gasteiger partial charge in [0.2, 0.25) is 0 Å². The van der Waals surface area contributed by atoms with Gasteiger partial charge in [-0.1, -0.05) is 167 Å². The summed E-state index contributed by atoms with van der Waals surface area (Å²) in [5.41, 5.74) is 0. The van der Waals surface area contributed by atoms with Crippen LogP contribution in [-0.4, -0.2) is 41.0 Å². The molecular weight excluding hydrogens is 579 g/mol. The van der Waals surface area contributed by atoms with Crippen molar-refractivity contribution in [1.82, 2.24) is 0 Å². The van der Waals surface area contributed by atoms with E-state index in [1.807, 2.05) is 0 Å². The summed E-state index contributed by atoms with van der Waals surface area (Å²) in [7, 11) is -6.08. The fraction of sp³-hybridized carbons (Fsp3) is 0.943. The molecule has 8 nitrogen and oxygen atoms in total. The highest BCUT2D eigenvalue weighted by Gasteiger charge is 2.22. The average molecular weight is 711 g/mol. The maximum Gasteiger partial charge on any atom is 0.469 e. The molecule has 2 N–H and O–H groups in total. The highest BCUT2D eigenvalue weighted by molar-refractivity contribution is 7.46. The van der Waals surface area contributed by atoms with Crippen molar-refractivity contribution >= 4 is 19.8 Å². The molecule has 0 fully saturated rings. The Morgan fingerprint density at radius 2 is 0.909 bits per heavy atom. The van der Waals surface area contributed by atoms with Crippen LogP contribution in [0.25, 0.3) is 0 Å². The van der Waals surface area contributed by atoms with Crippen LogP contribution in [0.3, 0.4) is 0 Å². The Morgan fingerprint density at radius 1 is 0.568 bits per heavy atom. The van der Waals surface area contributed by atoms with Crippen LogP contribution in [-0.2, 0) is 28.2 Å². The lowest BCUT2D eigenvalue weighted by Gasteiger charge is -2.18. The van der Waals surface area contributed by atoms with E-state index in [0.29, 0.717) is 0 Å². The fourth-order valence-corrected chi connectivity index (χ4v) is 1.89. The molecule has 0 aliphatic carbocycles. The Bertz CT molecular complexity index is 3230. The summed E-state index contributed by atoms with van der Waals surface area (Å²) < 4.78 is 530. The Balaban J connectivity index is 7.95. The van der Waals surface area contributed by atoms with Gasteiger partial charge in [-0.3, -0.25) is 14.1 Å². The molecule has 0 unspecified atom stereocenters. The first-order chi connectivity index (χ1) is 44.6. The third-order valence-corrected chi connectivity index (χ3v) is 3.42. The van der Waals surface area contributed by atoms with Crippen molar-refractivity contribution in [1.29, 1.82) is 0 Å². The summed E-state index contributed by atoms with van der Waals surface area (Å²) in [6, 6.07) is 0. The molecule has 0 spiro atoms. The first-order valence-electron chi connectivity index (χ1n) is 41.7. The Hall–Kier alpha value is -0.950. The summed E-state index contributed by atoms with van der Waals surface area (Å²) in [6.07, 6.45) is -151. The van der Waals surface area contributed by atoms with E-state index >= 15 is 0 Å². The van der Waals surface area contributed by atoms with E-state index in [0.717, 1.165) is 0 Å². The molecule has 9 heteroatoms. The van der Waals surface area contributed by atoms with E-state index in [4.69, 9.17) is 85.0 Å². The minimum atomic E-state index is -6.08. The van der Waals surface area contributed by atoms with Crippen LogP contribution in [0.4, 0.5) is 0 Å². The van der Waals surface area contributed by atoms with Gasteiger partial charge in [0.1, 0.15) is 6.61 Å². The van der Waals surface area contributed by atoms with Gasteiger partial charge in [0.15, 0.2) is 6.10 Å². The fourth-order valence-electron chi connectivity index (χ4n) is 1.53. The van der Waals surface area contributed by atoms with E-state index in [1.165, 1.54) is 0 Å². The molecular formula is C35H69O8P. The zero-order chi connectivity index (χ0) is 87.8. The van der Waals surface area contributed by atoms with Crippen LogP contribution in [0.1, 0.15) is 277 Å². The first kappa shape index (κ1) is 7.03. The normalized spacial score (nSPS) is 43.0. The number of phosphoric ester groups is 1. The minimum absolute atomic E-state index is 2.14. The molecule has 0 aliphatic heterocycles. The molecule has 0 saturated carbocycles. The van der Waals surface area contributed by atoms with E-state index in [1.54, 1.807) is 0 Å². The molecule has 1 atom stereocenters. The number of esters is 2. The molecule has 0 bridgehead atoms. The predicted molar refractivity (Wildman–Crippen MR) is 179 cm³/mol. The largest absolute Gasteiger partial charge is 0.469 e. The summed E-state index contributed by atoms with van der Waals surface area (Å²) in [4.78, 5) is 45.9. The summed E-state index contributed by atoms with van der Waals surface area (Å²) in [5, 5.41) is 0. The molecule has 262 valence electrons. The summed E-state index contributed by atoms with van der Waals surface area (Å²) >= 11 is 0. The Labute approximate surface area is 357 Å². The van der Waals surface area contributed by atoms with Crippen molar-refractivity contribution < 1.29 is 123 Å². The SMILES string of the molecule is [2H]C([2H])([2H])C([2H])([2H])C([2H])([2H])C([2H])([2H])C([2H])([2H])C([2H])([2H])C([2H])([2H])C([2H])([2H])C([2H])([2H])C([2H])([2H])C([2H])([2H])C([2H])([2H])C([2H])([2H])C([2H])([2H])C([2H])([2H])C(=O)OC[C@H](COP(=O)(O)O)OC(=O)C([2H])([2H])C([2H])([2H])C([2H])([2H])C([2H])([2H])C([2H])([2H])C([2H])([2H])C([2H])([2H])C([2H])([2H])C([2H])([2H])C([2H])([2H])C([2H])([2H])C([2H])([2H])C([2H])([2H])C([2H])([2H])C([2H])([2H])[2H]. The van der Waals surface area contributed by atoms with Gasteiger partial charge in [0.05, 0.1) is 6.61 Å². The standard InChI is InChI=1S/C35H69O8P/c1-3-5-7-9-11-13-15-17-19-21-23-25-27-29-34(36)41-31-33(32-42-44(38,39)40)43-35(37)30-28-26-24-22-20-18-16-14-12-10-8-6-4-2/h33H,3-32H2,1-2H3,(H2,38,39,40)/t33-/m1/s1/i1D3,2D3,3D2,4D2,5D2,6D2,7D2,8D2,9D2,10D2,11D2,12D2,13D2,14D2,15D2,16D2,17D2,18D2,19D2,20D2,21D2,22D2,23D2,24D2,25D2,26D2,27D2,28D2,29D2,30D2. The van der Waals surface area contributed by atoms with E-state index in [2.05, 4.69) is 14.0 Å². The van der Waals surface area contributed by atoms with Crippen molar-refractivity contribution in [3.8, 4) is 0 Å². The maximum atomic E-state index is 13.7. The van der Waals surface area contributed by atoms with Gasteiger partial charge < -0.3 is 19.3 Å². The Kier molecular flexibility index (Phi) is 5.11. The molecule has 0 aliphatic rings. The van der Waals surface area contributed by atoms with Crippen molar-refractivity contribution in [2.24, 2.45) is 0 Å². The van der Waals surface area contributed by atoms with Crippen LogP contribution in [0.5, 0.6) is 0 Å². The topological polar surface area (TPSA) is 119 Å². The molecule has 0 amide bonds. The molecule has 0 radical (unpaired) electrons. The van der Waals surface area contributed by atoms with E-state index in [9.17, 15) is 23.9 Å². The third-order valence-electron chi connectivity index (χ3n) is 2.93. The highest BCUT2D eigenvalue weighted by atomic mass is 31.2. The molecule has 0 rings (SSSR count). The van der Waals surface area contributed by atoms with E-state index < -0.39 is 231 Å². The van der Waals surface area contributed by atoms with Crippen molar-refractivity contribution in [3.05, 3.63) is 0 Å². The van der Waals surface area contributed by atoms with Crippen LogP contribution >= 0.6 is 7.82 Å². The van der Waals surface area contributed by atoms with Crippen molar-refractivity contribution in [2.75, 3.05) is 13.2 Å². The number of carbonyl (C=O) groups excluding carboxylic acids is 2.